The zero-order valence-corrected chi connectivity index (χ0v) is 24.6. The minimum absolute atomic E-state index is 0.0182. The summed E-state index contributed by atoms with van der Waals surface area (Å²) >= 11 is 0. The average Bonchev–Trinajstić information content (AvgIpc) is 2.96. The Kier molecular flexibility index (Phi) is 8.12. The van der Waals surface area contributed by atoms with E-state index in [2.05, 4.69) is 0 Å². The third kappa shape index (κ3) is 5.20. The van der Waals surface area contributed by atoms with Crippen LogP contribution in [0, 0.1) is 29.6 Å². The van der Waals surface area contributed by atoms with Crippen molar-refractivity contribution in [3.05, 3.63) is 94.2 Å². The van der Waals surface area contributed by atoms with Crippen LogP contribution in [0.1, 0.15) is 35.2 Å². The summed E-state index contributed by atoms with van der Waals surface area (Å²) in [5.74, 6) is 0.389. The molecule has 0 aliphatic carbocycles. The van der Waals surface area contributed by atoms with E-state index in [1.165, 1.54) is 68.6 Å². The number of carbonyl (C=O) groups excluding carboxylic acids is 1. The molecule has 2 amide bonds. The number of methoxy groups -OCH3 is 1. The molecule has 3 aromatic rings. The standard InChI is InChI=1S/C29H25FN4O6S2/c1-18-12-23(9-11-26(18)40-3)42(38,39)34-28(24-10-8-21(16-31)14-27(24)41(4,36)37)25(17-32)19(2)33(29(34)35)22-7-5-6-20(13-22)15-30/h5-14,28H,15H2,1-4H3/t28-/m1/s1. The predicted molar refractivity (Wildman–Crippen MR) is 151 cm³/mol. The van der Waals surface area contributed by atoms with Crippen molar-refractivity contribution in [2.75, 3.05) is 18.3 Å². The van der Waals surface area contributed by atoms with Gasteiger partial charge in [-0.05, 0) is 73.0 Å². The third-order valence-corrected chi connectivity index (χ3v) is 9.70. The molecule has 1 atom stereocenters. The number of hydrogen-bond acceptors (Lipinski definition) is 8. The number of nitrogens with zero attached hydrogens (tertiary/aromatic N) is 4. The molecule has 10 nitrogen and oxygen atoms in total. The molecule has 0 bridgehead atoms. The first kappa shape index (κ1) is 30.2. The van der Waals surface area contributed by atoms with Crippen molar-refractivity contribution < 1.29 is 30.8 Å². The number of urea groups is 1. The van der Waals surface area contributed by atoms with Crippen LogP contribution < -0.4 is 9.64 Å². The minimum atomic E-state index is -4.79. The summed E-state index contributed by atoms with van der Waals surface area (Å²) in [4.78, 5) is 14.5. The lowest BCUT2D eigenvalue weighted by molar-refractivity contribution is 0.220. The highest BCUT2D eigenvalue weighted by Crippen LogP contribution is 2.44. The van der Waals surface area contributed by atoms with Gasteiger partial charge in [-0.2, -0.15) is 10.5 Å². The van der Waals surface area contributed by atoms with Gasteiger partial charge in [0.05, 0.1) is 45.9 Å². The normalized spacial score (nSPS) is 15.8. The number of halogens is 1. The monoisotopic (exact) mass is 608 g/mol. The van der Waals surface area contributed by atoms with E-state index in [4.69, 9.17) is 4.74 Å². The smallest absolute Gasteiger partial charge is 0.343 e. The van der Waals surface area contributed by atoms with Crippen LogP contribution in [-0.4, -0.2) is 40.5 Å². The van der Waals surface area contributed by atoms with E-state index in [1.807, 2.05) is 12.1 Å². The summed E-state index contributed by atoms with van der Waals surface area (Å²) in [7, 11) is -7.47. The van der Waals surface area contributed by atoms with Crippen LogP contribution in [0.4, 0.5) is 14.9 Å². The molecule has 0 saturated heterocycles. The summed E-state index contributed by atoms with van der Waals surface area (Å²) in [6.07, 6.45) is 0.876. The molecule has 42 heavy (non-hydrogen) atoms. The van der Waals surface area contributed by atoms with E-state index in [0.717, 1.165) is 17.2 Å². The number of sulfone groups is 1. The van der Waals surface area contributed by atoms with Crippen LogP contribution in [0.2, 0.25) is 0 Å². The number of alkyl halides is 1. The summed E-state index contributed by atoms with van der Waals surface area (Å²) in [5.41, 5.74) is 0.313. The number of sulfonamides is 1. The van der Waals surface area contributed by atoms with Crippen LogP contribution in [0.3, 0.4) is 0 Å². The van der Waals surface area contributed by atoms with Crippen LogP contribution >= 0.6 is 0 Å². The van der Waals surface area contributed by atoms with Gasteiger partial charge in [0, 0.05) is 12.0 Å². The van der Waals surface area contributed by atoms with Crippen LogP contribution in [0.15, 0.2) is 81.7 Å². The fourth-order valence-corrected chi connectivity index (χ4v) is 7.34. The summed E-state index contributed by atoms with van der Waals surface area (Å²) in [6.45, 7) is 2.16. The number of hydrogen-bond donors (Lipinski definition) is 0. The Morgan fingerprint density at radius 2 is 1.69 bits per heavy atom. The molecule has 1 heterocycles. The average molecular weight is 609 g/mol. The van der Waals surface area contributed by atoms with E-state index in [1.54, 1.807) is 6.92 Å². The molecule has 0 spiro atoms. The molecule has 216 valence electrons. The van der Waals surface area contributed by atoms with E-state index >= 15 is 0 Å². The highest BCUT2D eigenvalue weighted by Gasteiger charge is 2.48. The second-order valence-corrected chi connectivity index (χ2v) is 13.3. The van der Waals surface area contributed by atoms with E-state index in [-0.39, 0.29) is 38.5 Å². The summed E-state index contributed by atoms with van der Waals surface area (Å²) in [6, 6.07) is 14.2. The van der Waals surface area contributed by atoms with Crippen molar-refractivity contribution in [1.82, 2.24) is 4.31 Å². The largest absolute Gasteiger partial charge is 0.496 e. The molecule has 0 N–H and O–H groups in total. The molecular weight excluding hydrogens is 583 g/mol. The number of benzene rings is 3. The summed E-state index contributed by atoms with van der Waals surface area (Å²) < 4.78 is 73.7. The first-order valence-electron chi connectivity index (χ1n) is 12.3. The van der Waals surface area contributed by atoms with Gasteiger partial charge in [0.2, 0.25) is 0 Å². The molecule has 0 radical (unpaired) electrons. The first-order valence-corrected chi connectivity index (χ1v) is 15.7. The third-order valence-electron chi connectivity index (χ3n) is 6.82. The maximum Gasteiger partial charge on any atom is 0.343 e. The predicted octanol–water partition coefficient (Wildman–Crippen LogP) is 4.92. The number of ether oxygens (including phenoxy) is 1. The molecule has 4 rings (SSSR count). The van der Waals surface area contributed by atoms with Gasteiger partial charge in [-0.15, -0.1) is 0 Å². The second-order valence-electron chi connectivity index (χ2n) is 9.50. The molecule has 1 aliphatic heterocycles. The van der Waals surface area contributed by atoms with Crippen molar-refractivity contribution >= 4 is 31.6 Å². The highest BCUT2D eigenvalue weighted by molar-refractivity contribution is 7.91. The van der Waals surface area contributed by atoms with Gasteiger partial charge >= 0.3 is 6.03 Å². The van der Waals surface area contributed by atoms with Gasteiger partial charge in [-0.25, -0.2) is 30.3 Å². The Hall–Kier alpha value is -4.72. The number of carbonyl (C=O) groups is 1. The van der Waals surface area contributed by atoms with Crippen LogP contribution in [-0.2, 0) is 26.5 Å². The topological polar surface area (TPSA) is 149 Å². The van der Waals surface area contributed by atoms with E-state index < -0.39 is 43.5 Å². The zero-order valence-electron chi connectivity index (χ0n) is 23.0. The van der Waals surface area contributed by atoms with Gasteiger partial charge in [0.1, 0.15) is 18.5 Å². The number of anilines is 1. The first-order chi connectivity index (χ1) is 19.8. The molecule has 0 unspecified atom stereocenters. The van der Waals surface area contributed by atoms with Gasteiger partial charge in [-0.3, -0.25) is 4.90 Å². The lowest BCUT2D eigenvalue weighted by atomic mass is 9.94. The molecule has 1 aliphatic rings. The summed E-state index contributed by atoms with van der Waals surface area (Å²) in [5, 5.41) is 19.8. The van der Waals surface area contributed by atoms with Crippen molar-refractivity contribution in [2.24, 2.45) is 0 Å². The highest BCUT2D eigenvalue weighted by atomic mass is 32.2. The molecule has 0 saturated carbocycles. The van der Waals surface area contributed by atoms with Crippen molar-refractivity contribution in [1.29, 1.82) is 10.5 Å². The fraction of sp³-hybridized carbons (Fsp3) is 0.207. The van der Waals surface area contributed by atoms with E-state index in [9.17, 15) is 36.5 Å². The number of amides is 2. The van der Waals surface area contributed by atoms with Crippen LogP contribution in [0.25, 0.3) is 0 Å². The lowest BCUT2D eigenvalue weighted by Crippen LogP contribution is -2.52. The minimum Gasteiger partial charge on any atom is -0.496 e. The Balaban J connectivity index is 2.11. The fourth-order valence-electron chi connectivity index (χ4n) is 4.81. The number of rotatable bonds is 7. The zero-order chi connectivity index (χ0) is 31.0. The van der Waals surface area contributed by atoms with Crippen molar-refractivity contribution in [3.8, 4) is 17.9 Å². The molecule has 0 aromatic heterocycles. The van der Waals surface area contributed by atoms with Crippen molar-refractivity contribution in [2.45, 2.75) is 36.4 Å². The Labute approximate surface area is 243 Å². The Morgan fingerprint density at radius 3 is 2.26 bits per heavy atom. The quantitative estimate of drug-likeness (QED) is 0.367. The molecule has 0 fully saturated rings. The molecule has 13 heteroatoms. The number of nitriles is 2. The lowest BCUT2D eigenvalue weighted by Gasteiger charge is -2.41. The Bertz CT molecular complexity index is 1940. The molecular formula is C29H25FN4O6S2. The maximum atomic E-state index is 14.3. The second kappa shape index (κ2) is 11.3. The Morgan fingerprint density at radius 1 is 0.976 bits per heavy atom. The number of aryl methyl sites for hydroxylation is 1. The maximum absolute atomic E-state index is 14.3. The van der Waals surface area contributed by atoms with Gasteiger partial charge in [-0.1, -0.05) is 18.2 Å². The molecule has 3 aromatic carbocycles. The van der Waals surface area contributed by atoms with Crippen molar-refractivity contribution in [3.63, 3.8) is 0 Å². The van der Waals surface area contributed by atoms with E-state index in [0.29, 0.717) is 15.6 Å². The number of allylic oxidation sites excluding steroid dienone is 1. The van der Waals surface area contributed by atoms with Crippen LogP contribution in [0.5, 0.6) is 5.75 Å². The van der Waals surface area contributed by atoms with Gasteiger partial charge in [0.25, 0.3) is 10.0 Å². The van der Waals surface area contributed by atoms with Gasteiger partial charge in [0.15, 0.2) is 9.84 Å². The van der Waals surface area contributed by atoms with Gasteiger partial charge < -0.3 is 4.74 Å². The SMILES string of the molecule is COc1ccc(S(=O)(=O)N2C(=O)N(c3cccc(CF)c3)C(C)=C(C#N)[C@H]2c2ccc(C#N)cc2S(C)(=O)=O)cc1C.